The van der Waals surface area contributed by atoms with Crippen molar-refractivity contribution in [3.63, 3.8) is 0 Å². The number of hydrogen-bond acceptors (Lipinski definition) is 10. The Kier molecular flexibility index (Phi) is 61.9. The number of carbonyl (C=O) groups is 2. The molecule has 0 bridgehead atoms. The van der Waals surface area contributed by atoms with Gasteiger partial charge in [-0.2, -0.15) is 0 Å². The minimum absolute atomic E-state index is 0.127. The van der Waals surface area contributed by atoms with E-state index in [9.17, 15) is 35.1 Å². The smallest absolute Gasteiger partial charge is 0.306 e. The van der Waals surface area contributed by atoms with E-state index in [0.29, 0.717) is 19.3 Å². The predicted octanol–water partition coefficient (Wildman–Crippen LogP) is 20.1. The van der Waals surface area contributed by atoms with Gasteiger partial charge < -0.3 is 45.1 Å². The molecule has 0 aromatic rings. The van der Waals surface area contributed by atoms with E-state index in [1.165, 1.54) is 276 Å². The van der Waals surface area contributed by atoms with Crippen LogP contribution in [-0.4, -0.2) is 99.6 Å². The molecular weight excluding hydrogens is 1100 g/mol. The van der Waals surface area contributed by atoms with Gasteiger partial charge in [-0.3, -0.25) is 9.59 Å². The van der Waals surface area contributed by atoms with Gasteiger partial charge in [0.15, 0.2) is 12.4 Å². The SMILES string of the molecule is CCCCCCCC/C=C/CCCCCCCCCCCCCCCCC(O)C(=O)NC(COC1OC(CO)C(O)C(O)C1OC(=O)CCCCCCCCCCCCCCC/C=C/CCCCCCCC)C(O)/C=C/CCCCCCCCCCCC. The minimum atomic E-state index is -1.61. The van der Waals surface area contributed by atoms with Gasteiger partial charge in [0.2, 0.25) is 5.91 Å². The van der Waals surface area contributed by atoms with E-state index in [1.54, 1.807) is 6.08 Å². The van der Waals surface area contributed by atoms with Crippen molar-refractivity contribution in [3.05, 3.63) is 36.5 Å². The summed E-state index contributed by atoms with van der Waals surface area (Å²) in [5.41, 5.74) is 0. The predicted molar refractivity (Wildman–Crippen MR) is 371 cm³/mol. The first kappa shape index (κ1) is 83.9. The molecule has 1 saturated heterocycles. The molecule has 8 unspecified atom stereocenters. The fraction of sp³-hybridized carbons (Fsp3) is 0.896. The second-order valence-corrected chi connectivity index (χ2v) is 26.7. The number of esters is 1. The van der Waals surface area contributed by atoms with Gasteiger partial charge in [0.05, 0.1) is 25.4 Å². The molecule has 0 spiro atoms. The third-order valence-electron chi connectivity index (χ3n) is 18.3. The lowest BCUT2D eigenvalue weighted by atomic mass is 9.99. The maximum absolute atomic E-state index is 13.5. The third kappa shape index (κ3) is 51.4. The highest BCUT2D eigenvalue weighted by Crippen LogP contribution is 2.27. The number of rotatable bonds is 67. The van der Waals surface area contributed by atoms with Crippen LogP contribution in [0.3, 0.4) is 0 Å². The van der Waals surface area contributed by atoms with E-state index in [4.69, 9.17) is 14.2 Å². The summed E-state index contributed by atoms with van der Waals surface area (Å²) < 4.78 is 17.7. The lowest BCUT2D eigenvalue weighted by Gasteiger charge is -2.41. The largest absolute Gasteiger partial charge is 0.454 e. The highest BCUT2D eigenvalue weighted by molar-refractivity contribution is 5.80. The fourth-order valence-corrected chi connectivity index (χ4v) is 12.2. The molecule has 0 saturated carbocycles. The number of nitrogens with one attached hydrogen (secondary N) is 1. The van der Waals surface area contributed by atoms with Crippen molar-refractivity contribution in [1.29, 1.82) is 0 Å². The summed E-state index contributed by atoms with van der Waals surface area (Å²) >= 11 is 0. The van der Waals surface area contributed by atoms with Gasteiger partial charge in [0.25, 0.3) is 0 Å². The third-order valence-corrected chi connectivity index (χ3v) is 18.3. The number of hydrogen-bond donors (Lipinski definition) is 6. The Morgan fingerprint density at radius 3 is 1.10 bits per heavy atom. The lowest BCUT2D eigenvalue weighted by Crippen LogP contribution is -2.61. The average molecular weight is 1250 g/mol. The maximum Gasteiger partial charge on any atom is 0.306 e. The molecule has 0 aromatic heterocycles. The van der Waals surface area contributed by atoms with Crippen molar-refractivity contribution in [1.82, 2.24) is 5.32 Å². The van der Waals surface area contributed by atoms with E-state index in [0.717, 1.165) is 57.8 Å². The molecule has 0 aromatic carbocycles. The molecule has 1 amide bonds. The molecule has 11 nitrogen and oxygen atoms in total. The van der Waals surface area contributed by atoms with Gasteiger partial charge in [-0.25, -0.2) is 0 Å². The van der Waals surface area contributed by atoms with Crippen LogP contribution in [0.4, 0.5) is 0 Å². The van der Waals surface area contributed by atoms with Crippen molar-refractivity contribution in [2.24, 2.45) is 0 Å². The molecule has 518 valence electrons. The van der Waals surface area contributed by atoms with Gasteiger partial charge in [-0.05, 0) is 77.0 Å². The van der Waals surface area contributed by atoms with Gasteiger partial charge in [-0.15, -0.1) is 0 Å². The van der Waals surface area contributed by atoms with Gasteiger partial charge in [0, 0.05) is 6.42 Å². The van der Waals surface area contributed by atoms with Crippen molar-refractivity contribution in [3.8, 4) is 0 Å². The number of amides is 1. The molecule has 11 heteroatoms. The molecule has 0 radical (unpaired) electrons. The highest BCUT2D eigenvalue weighted by atomic mass is 16.7. The standard InChI is InChI=1S/C77H145NO10/c1-4-7-10-13-16-19-22-25-27-29-31-33-35-37-38-40-42-44-46-49-52-55-58-61-64-70(81)76(85)78-68(69(80)63-60-57-54-51-48-24-21-18-15-12-9-6-3)67-86-77-75(74(84)73(83)71(66-79)87-77)88-72(82)65-62-59-56-53-50-47-45-43-41-39-36-34-32-30-28-26-23-20-17-14-11-8-5-2/h25-28,60,63,68-71,73-75,77,79-81,83-84H,4-24,29-59,61-62,64-67H2,1-3H3,(H,78,85)/b27-25+,28-26+,63-60+. The van der Waals surface area contributed by atoms with E-state index in [1.807, 2.05) is 6.08 Å². The van der Waals surface area contributed by atoms with Crippen molar-refractivity contribution >= 4 is 11.9 Å². The topological polar surface area (TPSA) is 175 Å². The first-order valence-electron chi connectivity index (χ1n) is 38.3. The average Bonchev–Trinajstić information content (AvgIpc) is 3.72. The van der Waals surface area contributed by atoms with E-state index < -0.39 is 67.4 Å². The zero-order valence-electron chi connectivity index (χ0n) is 57.9. The minimum Gasteiger partial charge on any atom is -0.454 e. The normalized spacial score (nSPS) is 18.3. The number of ether oxygens (including phenoxy) is 3. The first-order chi connectivity index (χ1) is 43.2. The molecule has 0 aliphatic carbocycles. The van der Waals surface area contributed by atoms with Gasteiger partial charge in [0.1, 0.15) is 24.4 Å². The van der Waals surface area contributed by atoms with Crippen molar-refractivity contribution in [2.45, 2.75) is 429 Å². The second-order valence-electron chi connectivity index (χ2n) is 26.7. The van der Waals surface area contributed by atoms with Crippen LogP contribution >= 0.6 is 0 Å². The summed E-state index contributed by atoms with van der Waals surface area (Å²) in [5, 5.41) is 57.4. The summed E-state index contributed by atoms with van der Waals surface area (Å²) in [4.78, 5) is 26.7. The Morgan fingerprint density at radius 2 is 0.750 bits per heavy atom. The summed E-state index contributed by atoms with van der Waals surface area (Å²) in [5.74, 6) is -1.18. The number of unbranched alkanes of at least 4 members (excludes halogenated alkanes) is 49. The van der Waals surface area contributed by atoms with Crippen LogP contribution in [0.1, 0.15) is 380 Å². The summed E-state index contributed by atoms with van der Waals surface area (Å²) in [6.07, 6.45) is 70.5. The Labute approximate surface area is 543 Å². The first-order valence-corrected chi connectivity index (χ1v) is 38.3. The highest BCUT2D eigenvalue weighted by Gasteiger charge is 2.47. The molecule has 1 fully saturated rings. The van der Waals surface area contributed by atoms with Gasteiger partial charge >= 0.3 is 5.97 Å². The van der Waals surface area contributed by atoms with Crippen LogP contribution < -0.4 is 5.32 Å². The van der Waals surface area contributed by atoms with Crippen LogP contribution in [0, 0.1) is 0 Å². The molecule has 6 N–H and O–H groups in total. The number of aliphatic hydroxyl groups is 5. The zero-order valence-corrected chi connectivity index (χ0v) is 57.9. The van der Waals surface area contributed by atoms with E-state index in [2.05, 4.69) is 50.4 Å². The van der Waals surface area contributed by atoms with Crippen LogP contribution in [0.2, 0.25) is 0 Å². The summed E-state index contributed by atoms with van der Waals surface area (Å²) in [6.45, 7) is 5.85. The van der Waals surface area contributed by atoms with Crippen LogP contribution in [0.15, 0.2) is 36.5 Å². The van der Waals surface area contributed by atoms with Crippen molar-refractivity contribution < 1.29 is 49.3 Å². The zero-order chi connectivity index (χ0) is 63.9. The summed E-state index contributed by atoms with van der Waals surface area (Å²) in [7, 11) is 0. The van der Waals surface area contributed by atoms with Gasteiger partial charge in [-0.1, -0.05) is 333 Å². The Morgan fingerprint density at radius 1 is 0.432 bits per heavy atom. The number of allylic oxidation sites excluding steroid dienone is 5. The van der Waals surface area contributed by atoms with Crippen molar-refractivity contribution in [2.75, 3.05) is 13.2 Å². The Bertz CT molecular complexity index is 1570. The quantitative estimate of drug-likeness (QED) is 0.0195. The number of carbonyl (C=O) groups excluding carboxylic acids is 2. The van der Waals surface area contributed by atoms with Crippen LogP contribution in [0.5, 0.6) is 0 Å². The molecular formula is C77H145NO10. The molecule has 8 atom stereocenters. The molecule has 1 rings (SSSR count). The summed E-state index contributed by atoms with van der Waals surface area (Å²) in [6, 6.07) is -1.02. The van der Waals surface area contributed by atoms with E-state index >= 15 is 0 Å². The second kappa shape index (κ2) is 65.0. The number of aliphatic hydroxyl groups excluding tert-OH is 5. The monoisotopic (exact) mass is 1240 g/mol. The molecule has 1 heterocycles. The Hall–Kier alpha value is -2.12. The Balaban J connectivity index is 2.52. The maximum atomic E-state index is 13.5. The van der Waals surface area contributed by atoms with E-state index in [-0.39, 0.29) is 13.0 Å². The molecule has 1 aliphatic rings. The lowest BCUT2D eigenvalue weighted by molar-refractivity contribution is -0.305. The van der Waals surface area contributed by atoms with Crippen LogP contribution in [0.25, 0.3) is 0 Å². The van der Waals surface area contributed by atoms with Crippen LogP contribution in [-0.2, 0) is 23.8 Å². The fourth-order valence-electron chi connectivity index (χ4n) is 12.2. The molecule has 1 aliphatic heterocycles. The molecule has 88 heavy (non-hydrogen) atoms.